The van der Waals surface area contributed by atoms with Crippen molar-refractivity contribution in [2.45, 2.75) is 18.9 Å². The van der Waals surface area contributed by atoms with E-state index in [1.165, 1.54) is 0 Å². The molecule has 0 radical (unpaired) electrons. The van der Waals surface area contributed by atoms with Crippen molar-refractivity contribution >= 4 is 23.2 Å². The molecule has 4 heteroatoms. The summed E-state index contributed by atoms with van der Waals surface area (Å²) >= 11 is 11.9. The van der Waals surface area contributed by atoms with Crippen LogP contribution in [0.15, 0.2) is 18.2 Å². The van der Waals surface area contributed by atoms with E-state index in [4.69, 9.17) is 33.4 Å². The molecule has 14 heavy (non-hydrogen) atoms. The van der Waals surface area contributed by atoms with Gasteiger partial charge in [-0.05, 0) is 30.5 Å². The van der Waals surface area contributed by atoms with Crippen LogP contribution in [-0.2, 0) is 6.42 Å². The normalized spacial score (nSPS) is 12.9. The molecule has 1 atom stereocenters. The summed E-state index contributed by atoms with van der Waals surface area (Å²) in [6, 6.07) is 5.29. The second-order valence-corrected chi connectivity index (χ2v) is 3.89. The van der Waals surface area contributed by atoms with Crippen LogP contribution in [0, 0.1) is 0 Å². The standard InChI is InChI=1S/C10H12Cl2O2/c11-9-2-1-3-10(12)8(9)5-4-7(14)6-13/h1-3,7,13-14H,4-6H2. The molecule has 0 fully saturated rings. The predicted octanol–water partition coefficient (Wildman–Crippen LogP) is 2.28. The van der Waals surface area contributed by atoms with E-state index < -0.39 is 6.10 Å². The highest BCUT2D eigenvalue weighted by Crippen LogP contribution is 2.25. The topological polar surface area (TPSA) is 40.5 Å². The molecule has 0 aromatic heterocycles. The molecular weight excluding hydrogens is 223 g/mol. The van der Waals surface area contributed by atoms with E-state index in [0.717, 1.165) is 5.56 Å². The maximum absolute atomic E-state index is 9.16. The molecule has 78 valence electrons. The van der Waals surface area contributed by atoms with Crippen molar-refractivity contribution in [3.05, 3.63) is 33.8 Å². The van der Waals surface area contributed by atoms with Gasteiger partial charge >= 0.3 is 0 Å². The summed E-state index contributed by atoms with van der Waals surface area (Å²) in [5, 5.41) is 19.0. The highest BCUT2D eigenvalue weighted by Gasteiger charge is 2.08. The zero-order valence-corrected chi connectivity index (χ0v) is 9.09. The number of hydrogen-bond acceptors (Lipinski definition) is 2. The van der Waals surface area contributed by atoms with Crippen molar-refractivity contribution in [1.82, 2.24) is 0 Å². The molecule has 0 amide bonds. The van der Waals surface area contributed by atoms with E-state index in [2.05, 4.69) is 0 Å². The minimum Gasteiger partial charge on any atom is -0.394 e. The Balaban J connectivity index is 2.66. The number of aliphatic hydroxyl groups is 2. The molecule has 1 rings (SSSR count). The summed E-state index contributed by atoms with van der Waals surface area (Å²) in [5.41, 5.74) is 0.823. The Labute approximate surface area is 93.1 Å². The van der Waals surface area contributed by atoms with E-state index in [0.29, 0.717) is 22.9 Å². The summed E-state index contributed by atoms with van der Waals surface area (Å²) in [6.07, 6.45) is 0.322. The lowest BCUT2D eigenvalue weighted by atomic mass is 10.1. The van der Waals surface area contributed by atoms with Crippen LogP contribution in [0.4, 0.5) is 0 Å². The Kier molecular flexibility index (Phi) is 4.69. The molecule has 0 aliphatic rings. The largest absolute Gasteiger partial charge is 0.394 e. The van der Waals surface area contributed by atoms with Gasteiger partial charge in [-0.1, -0.05) is 29.3 Å². The third-order valence-corrected chi connectivity index (χ3v) is 2.71. The lowest BCUT2D eigenvalue weighted by molar-refractivity contribution is 0.0886. The van der Waals surface area contributed by atoms with Gasteiger partial charge < -0.3 is 10.2 Å². The fourth-order valence-electron chi connectivity index (χ4n) is 1.17. The summed E-state index contributed by atoms with van der Waals surface area (Å²) in [4.78, 5) is 0. The molecule has 2 nitrogen and oxygen atoms in total. The van der Waals surface area contributed by atoms with E-state index in [1.54, 1.807) is 18.2 Å². The minimum absolute atomic E-state index is 0.234. The number of hydrogen-bond donors (Lipinski definition) is 2. The lowest BCUT2D eigenvalue weighted by Gasteiger charge is -2.09. The Morgan fingerprint density at radius 1 is 1.21 bits per heavy atom. The van der Waals surface area contributed by atoms with Gasteiger partial charge in [-0.2, -0.15) is 0 Å². The van der Waals surface area contributed by atoms with Gasteiger partial charge in [-0.15, -0.1) is 0 Å². The zero-order valence-electron chi connectivity index (χ0n) is 7.58. The third-order valence-electron chi connectivity index (χ3n) is 2.00. The van der Waals surface area contributed by atoms with E-state index in [-0.39, 0.29) is 6.61 Å². The molecule has 1 unspecified atom stereocenters. The van der Waals surface area contributed by atoms with Crippen molar-refractivity contribution in [1.29, 1.82) is 0 Å². The molecule has 0 aliphatic carbocycles. The minimum atomic E-state index is -0.706. The number of halogens is 2. The first-order valence-electron chi connectivity index (χ1n) is 4.37. The second kappa shape index (κ2) is 5.56. The van der Waals surface area contributed by atoms with Crippen LogP contribution in [0.25, 0.3) is 0 Å². The molecule has 2 N–H and O–H groups in total. The average molecular weight is 235 g/mol. The lowest BCUT2D eigenvalue weighted by Crippen LogP contribution is -2.12. The van der Waals surface area contributed by atoms with Gasteiger partial charge in [0.15, 0.2) is 0 Å². The van der Waals surface area contributed by atoms with E-state index >= 15 is 0 Å². The first-order valence-corrected chi connectivity index (χ1v) is 5.12. The molecule has 0 bridgehead atoms. The Bertz CT molecular complexity index is 282. The van der Waals surface area contributed by atoms with Gasteiger partial charge in [-0.25, -0.2) is 0 Å². The summed E-state index contributed by atoms with van der Waals surface area (Å²) in [5.74, 6) is 0. The van der Waals surface area contributed by atoms with Gasteiger partial charge in [0.2, 0.25) is 0 Å². The smallest absolute Gasteiger partial charge is 0.0774 e. The molecule has 0 aliphatic heterocycles. The van der Waals surface area contributed by atoms with Gasteiger partial charge in [0.25, 0.3) is 0 Å². The second-order valence-electron chi connectivity index (χ2n) is 3.08. The Hall–Kier alpha value is -0.280. The van der Waals surface area contributed by atoms with Crippen LogP contribution in [0.5, 0.6) is 0 Å². The van der Waals surface area contributed by atoms with Gasteiger partial charge in [0.05, 0.1) is 12.7 Å². The zero-order chi connectivity index (χ0) is 10.6. The molecule has 0 saturated carbocycles. The van der Waals surface area contributed by atoms with Gasteiger partial charge in [0.1, 0.15) is 0 Å². The summed E-state index contributed by atoms with van der Waals surface area (Å²) < 4.78 is 0. The predicted molar refractivity (Wildman–Crippen MR) is 57.9 cm³/mol. The third kappa shape index (κ3) is 3.14. The monoisotopic (exact) mass is 234 g/mol. The highest BCUT2D eigenvalue weighted by molar-refractivity contribution is 6.35. The Morgan fingerprint density at radius 2 is 1.79 bits per heavy atom. The SMILES string of the molecule is OCC(O)CCc1c(Cl)cccc1Cl. The first kappa shape index (κ1) is 11.8. The van der Waals surface area contributed by atoms with Gasteiger partial charge in [-0.3, -0.25) is 0 Å². The molecular formula is C10H12Cl2O2. The van der Waals surface area contributed by atoms with E-state index in [9.17, 15) is 0 Å². The van der Waals surface area contributed by atoms with Crippen molar-refractivity contribution < 1.29 is 10.2 Å². The first-order chi connectivity index (χ1) is 6.65. The highest BCUT2D eigenvalue weighted by atomic mass is 35.5. The maximum atomic E-state index is 9.16. The van der Waals surface area contributed by atoms with Crippen LogP contribution in [0.1, 0.15) is 12.0 Å². The quantitative estimate of drug-likeness (QED) is 0.840. The molecule has 1 aromatic rings. The average Bonchev–Trinajstić information content (AvgIpc) is 2.16. The van der Waals surface area contributed by atoms with E-state index in [1.807, 2.05) is 0 Å². The molecule has 0 saturated heterocycles. The summed E-state index contributed by atoms with van der Waals surface area (Å²) in [6.45, 7) is -0.234. The summed E-state index contributed by atoms with van der Waals surface area (Å²) in [7, 11) is 0. The van der Waals surface area contributed by atoms with Crippen molar-refractivity contribution in [2.24, 2.45) is 0 Å². The Morgan fingerprint density at radius 3 is 2.29 bits per heavy atom. The van der Waals surface area contributed by atoms with Crippen LogP contribution >= 0.6 is 23.2 Å². The number of aliphatic hydroxyl groups excluding tert-OH is 2. The van der Waals surface area contributed by atoms with Crippen LogP contribution in [-0.4, -0.2) is 22.9 Å². The maximum Gasteiger partial charge on any atom is 0.0774 e. The fourth-order valence-corrected chi connectivity index (χ4v) is 1.76. The molecule has 0 heterocycles. The van der Waals surface area contributed by atoms with Crippen molar-refractivity contribution in [3.63, 3.8) is 0 Å². The molecule has 0 spiro atoms. The fraction of sp³-hybridized carbons (Fsp3) is 0.400. The van der Waals surface area contributed by atoms with Crippen LogP contribution in [0.2, 0.25) is 10.0 Å². The van der Waals surface area contributed by atoms with Gasteiger partial charge in [0, 0.05) is 10.0 Å². The van der Waals surface area contributed by atoms with Crippen LogP contribution in [0.3, 0.4) is 0 Å². The molecule has 1 aromatic carbocycles. The van der Waals surface area contributed by atoms with Crippen LogP contribution < -0.4 is 0 Å². The van der Waals surface area contributed by atoms with Crippen molar-refractivity contribution in [2.75, 3.05) is 6.61 Å². The van der Waals surface area contributed by atoms with Crippen molar-refractivity contribution in [3.8, 4) is 0 Å². The number of rotatable bonds is 4. The number of benzene rings is 1.